The second kappa shape index (κ2) is 11.9. The Morgan fingerprint density at radius 2 is 1.54 bits per heavy atom. The topological polar surface area (TPSA) is 61.6 Å². The monoisotopic (exact) mass is 432 g/mol. The van der Waals surface area contributed by atoms with Crippen LogP contribution in [0.1, 0.15) is 52.9 Å². The first-order chi connectivity index (χ1) is 10.7. The number of nitrogens with zero attached hydrogens (tertiary/aromatic N) is 2. The van der Waals surface area contributed by atoms with Crippen molar-refractivity contribution in [2.24, 2.45) is 11.1 Å². The highest BCUT2D eigenvalue weighted by Gasteiger charge is 2.40. The molecule has 0 aromatic heterocycles. The summed E-state index contributed by atoms with van der Waals surface area (Å²) in [5, 5.41) is 3.19. The van der Waals surface area contributed by atoms with E-state index in [-0.39, 0.29) is 54.1 Å². The Labute approximate surface area is 178 Å². The van der Waals surface area contributed by atoms with Crippen LogP contribution in [0.15, 0.2) is 0 Å². The van der Waals surface area contributed by atoms with Crippen LogP contribution in [0.3, 0.4) is 0 Å². The smallest absolute Gasteiger partial charge is 0.237 e. The zero-order chi connectivity index (χ0) is 17.1. The number of halogens is 3. The number of nitrogens with one attached hydrogen (secondary N) is 1. The van der Waals surface area contributed by atoms with Gasteiger partial charge in [0.15, 0.2) is 0 Å². The predicted octanol–water partition coefficient (Wildman–Crippen LogP) is 2.69. The zero-order valence-electron chi connectivity index (χ0n) is 16.8. The van der Waals surface area contributed by atoms with Gasteiger partial charge in [-0.3, -0.25) is 9.69 Å². The second-order valence-electron chi connectivity index (χ2n) is 8.64. The van der Waals surface area contributed by atoms with Gasteiger partial charge in [-0.2, -0.15) is 0 Å². The molecule has 26 heavy (non-hydrogen) atoms. The van der Waals surface area contributed by atoms with Crippen LogP contribution in [0.4, 0.5) is 0 Å². The third-order valence-electron chi connectivity index (χ3n) is 5.75. The normalized spacial score (nSPS) is 22.2. The first kappa shape index (κ1) is 28.4. The summed E-state index contributed by atoms with van der Waals surface area (Å²) in [4.78, 5) is 17.5. The lowest BCUT2D eigenvalue weighted by Crippen LogP contribution is -2.62. The van der Waals surface area contributed by atoms with E-state index in [1.807, 2.05) is 20.8 Å². The molecular weight excluding hydrogens is 395 g/mol. The van der Waals surface area contributed by atoms with Gasteiger partial charge in [-0.05, 0) is 64.3 Å². The first-order valence-electron chi connectivity index (χ1n) is 9.21. The summed E-state index contributed by atoms with van der Waals surface area (Å²) in [7, 11) is 2.19. The van der Waals surface area contributed by atoms with Crippen LogP contribution in [0.2, 0.25) is 0 Å². The maximum Gasteiger partial charge on any atom is 0.237 e. The molecule has 0 saturated carbocycles. The number of nitrogens with two attached hydrogens (primary N) is 1. The van der Waals surface area contributed by atoms with E-state index in [0.29, 0.717) is 0 Å². The SMILES string of the molecule is CN1CCC(CNC(=O)[C@@H](N)C(C)(C)C)(N2CCCCC2)CC1.Cl.Cl.Cl. The first-order valence-corrected chi connectivity index (χ1v) is 9.21. The molecule has 0 unspecified atom stereocenters. The minimum atomic E-state index is -0.452. The molecule has 0 radical (unpaired) electrons. The van der Waals surface area contributed by atoms with Gasteiger partial charge < -0.3 is 16.0 Å². The third-order valence-corrected chi connectivity index (χ3v) is 5.75. The van der Waals surface area contributed by atoms with Crippen molar-refractivity contribution in [1.29, 1.82) is 0 Å². The van der Waals surface area contributed by atoms with Crippen LogP contribution in [0.25, 0.3) is 0 Å². The predicted molar refractivity (Wildman–Crippen MR) is 117 cm³/mol. The average molecular weight is 434 g/mol. The van der Waals surface area contributed by atoms with Gasteiger partial charge in [-0.25, -0.2) is 0 Å². The van der Waals surface area contributed by atoms with E-state index in [4.69, 9.17) is 5.73 Å². The Balaban J connectivity index is 0. The fourth-order valence-corrected chi connectivity index (χ4v) is 3.76. The molecule has 2 heterocycles. The molecule has 0 bridgehead atoms. The van der Waals surface area contributed by atoms with Crippen molar-refractivity contribution in [3.63, 3.8) is 0 Å². The summed E-state index contributed by atoms with van der Waals surface area (Å²) in [5.41, 5.74) is 6.05. The number of piperidine rings is 2. The molecule has 3 N–H and O–H groups in total. The average Bonchev–Trinajstić information content (AvgIpc) is 2.53. The molecule has 0 aromatic carbocycles. The van der Waals surface area contributed by atoms with E-state index < -0.39 is 6.04 Å². The molecule has 2 rings (SSSR count). The minimum Gasteiger partial charge on any atom is -0.353 e. The van der Waals surface area contributed by atoms with Gasteiger partial charge in [0.05, 0.1) is 6.04 Å². The van der Waals surface area contributed by atoms with Crippen molar-refractivity contribution in [2.45, 2.75) is 64.5 Å². The number of amides is 1. The molecule has 158 valence electrons. The molecular formula is C18H39Cl3N4O. The molecule has 1 atom stereocenters. The van der Waals surface area contributed by atoms with Crippen molar-refractivity contribution in [1.82, 2.24) is 15.1 Å². The lowest BCUT2D eigenvalue weighted by molar-refractivity contribution is -0.125. The molecule has 0 aliphatic carbocycles. The van der Waals surface area contributed by atoms with Crippen LogP contribution in [-0.4, -0.2) is 67.1 Å². The zero-order valence-corrected chi connectivity index (χ0v) is 19.2. The Hall–Kier alpha value is 0.220. The number of rotatable bonds is 4. The van der Waals surface area contributed by atoms with Crippen LogP contribution < -0.4 is 11.1 Å². The van der Waals surface area contributed by atoms with Crippen molar-refractivity contribution >= 4 is 43.1 Å². The maximum absolute atomic E-state index is 12.5. The lowest BCUT2D eigenvalue weighted by Gasteiger charge is -2.50. The summed E-state index contributed by atoms with van der Waals surface area (Å²) in [6.07, 6.45) is 6.18. The van der Waals surface area contributed by atoms with Crippen LogP contribution in [0, 0.1) is 5.41 Å². The highest BCUT2D eigenvalue weighted by molar-refractivity contribution is 5.86. The van der Waals surface area contributed by atoms with Gasteiger partial charge in [0.25, 0.3) is 0 Å². The van der Waals surface area contributed by atoms with Gasteiger partial charge in [-0.1, -0.05) is 27.2 Å². The number of carbonyl (C=O) groups is 1. The minimum absolute atomic E-state index is 0. The van der Waals surface area contributed by atoms with E-state index in [1.165, 1.54) is 32.4 Å². The third kappa shape index (κ3) is 7.33. The summed E-state index contributed by atoms with van der Waals surface area (Å²) < 4.78 is 0. The van der Waals surface area contributed by atoms with E-state index in [9.17, 15) is 4.79 Å². The van der Waals surface area contributed by atoms with Crippen molar-refractivity contribution in [3.8, 4) is 0 Å². The van der Waals surface area contributed by atoms with E-state index in [2.05, 4.69) is 22.2 Å². The number of carbonyl (C=O) groups excluding carboxylic acids is 1. The second-order valence-corrected chi connectivity index (χ2v) is 8.64. The van der Waals surface area contributed by atoms with Crippen LogP contribution in [0.5, 0.6) is 0 Å². The summed E-state index contributed by atoms with van der Waals surface area (Å²) in [6, 6.07) is -0.452. The highest BCUT2D eigenvalue weighted by Crippen LogP contribution is 2.31. The Kier molecular flexibility index (Phi) is 13.0. The van der Waals surface area contributed by atoms with Gasteiger partial charge in [0.1, 0.15) is 0 Å². The molecule has 1 amide bonds. The standard InChI is InChI=1S/C18H36N4O.3ClH/c1-17(2,3)15(19)16(23)20-14-18(8-12-21(4)13-9-18)22-10-6-5-7-11-22;;;/h15H,5-14,19H2,1-4H3,(H,20,23);3*1H/t15-;;;/m1.../s1. The Bertz CT molecular complexity index is 404. The Morgan fingerprint density at radius 3 is 2.00 bits per heavy atom. The summed E-state index contributed by atoms with van der Waals surface area (Å²) in [6.45, 7) is 11.4. The lowest BCUT2D eigenvalue weighted by atomic mass is 9.83. The van der Waals surface area contributed by atoms with Gasteiger partial charge in [0.2, 0.25) is 5.91 Å². The number of likely N-dealkylation sites (tertiary alicyclic amines) is 2. The van der Waals surface area contributed by atoms with E-state index in [0.717, 1.165) is 32.5 Å². The molecule has 0 aromatic rings. The van der Waals surface area contributed by atoms with Crippen molar-refractivity contribution in [2.75, 3.05) is 39.8 Å². The molecule has 2 fully saturated rings. The fraction of sp³-hybridized carbons (Fsp3) is 0.944. The maximum atomic E-state index is 12.5. The molecule has 2 aliphatic heterocycles. The Morgan fingerprint density at radius 1 is 1.04 bits per heavy atom. The number of hydrogen-bond acceptors (Lipinski definition) is 4. The largest absolute Gasteiger partial charge is 0.353 e. The van der Waals surface area contributed by atoms with E-state index in [1.54, 1.807) is 0 Å². The van der Waals surface area contributed by atoms with Crippen molar-refractivity contribution in [3.05, 3.63) is 0 Å². The van der Waals surface area contributed by atoms with Crippen LogP contribution >= 0.6 is 37.2 Å². The van der Waals surface area contributed by atoms with Crippen molar-refractivity contribution < 1.29 is 4.79 Å². The summed E-state index contributed by atoms with van der Waals surface area (Å²) >= 11 is 0. The van der Waals surface area contributed by atoms with Gasteiger partial charge in [0, 0.05) is 12.1 Å². The van der Waals surface area contributed by atoms with E-state index >= 15 is 0 Å². The van der Waals surface area contributed by atoms with Gasteiger partial charge >= 0.3 is 0 Å². The molecule has 2 saturated heterocycles. The highest BCUT2D eigenvalue weighted by atomic mass is 35.5. The quantitative estimate of drug-likeness (QED) is 0.715. The fourth-order valence-electron chi connectivity index (χ4n) is 3.76. The molecule has 0 spiro atoms. The summed E-state index contributed by atoms with van der Waals surface area (Å²) in [5.74, 6) is -0.00666. The number of hydrogen-bond donors (Lipinski definition) is 2. The molecule has 8 heteroatoms. The van der Waals surface area contributed by atoms with Gasteiger partial charge in [-0.15, -0.1) is 37.2 Å². The molecule has 2 aliphatic rings. The van der Waals surface area contributed by atoms with Crippen LogP contribution in [-0.2, 0) is 4.79 Å². The molecule has 5 nitrogen and oxygen atoms in total.